The smallest absolute Gasteiger partial charge is 0.273 e. The predicted molar refractivity (Wildman–Crippen MR) is 152 cm³/mol. The third-order valence-corrected chi connectivity index (χ3v) is 7.47. The van der Waals surface area contributed by atoms with Crippen molar-refractivity contribution < 1.29 is 14.4 Å². The number of pyridine rings is 1. The Kier molecular flexibility index (Phi) is 7.21. The van der Waals surface area contributed by atoms with Gasteiger partial charge in [-0.1, -0.05) is 18.2 Å². The fourth-order valence-electron chi connectivity index (χ4n) is 5.26. The molecular formula is C29H29N5O4S. The summed E-state index contributed by atoms with van der Waals surface area (Å²) in [6, 6.07) is 20.3. The number of hydrogen-bond donors (Lipinski definition) is 1. The molecule has 4 aromatic rings. The molecule has 1 fully saturated rings. The molecule has 1 aliphatic heterocycles. The molecule has 3 heterocycles. The highest BCUT2D eigenvalue weighted by Gasteiger charge is 2.41. The molecule has 2 atom stereocenters. The van der Waals surface area contributed by atoms with Gasteiger partial charge in [0.2, 0.25) is 0 Å². The lowest BCUT2D eigenvalue weighted by molar-refractivity contribution is -0.384. The summed E-state index contributed by atoms with van der Waals surface area (Å²) in [7, 11) is 3.17. The molecule has 2 aromatic heterocycles. The Hall–Kier alpha value is -4.44. The molecule has 9 nitrogen and oxygen atoms in total. The molecular weight excluding hydrogens is 514 g/mol. The molecule has 0 bridgehead atoms. The molecule has 39 heavy (non-hydrogen) atoms. The van der Waals surface area contributed by atoms with Gasteiger partial charge in [0.05, 0.1) is 48.7 Å². The van der Waals surface area contributed by atoms with Crippen LogP contribution in [0.15, 0.2) is 72.9 Å². The summed E-state index contributed by atoms with van der Waals surface area (Å²) < 4.78 is 13.0. The Morgan fingerprint density at radius 1 is 1.05 bits per heavy atom. The number of aromatic nitrogens is 2. The van der Waals surface area contributed by atoms with Gasteiger partial charge in [-0.05, 0) is 73.6 Å². The summed E-state index contributed by atoms with van der Waals surface area (Å²) in [5.74, 6) is 1.22. The first-order chi connectivity index (χ1) is 18.8. The maximum atomic E-state index is 11.4. The molecule has 0 radical (unpaired) electrons. The van der Waals surface area contributed by atoms with Crippen LogP contribution >= 0.6 is 12.2 Å². The van der Waals surface area contributed by atoms with Gasteiger partial charge in [0, 0.05) is 30.2 Å². The van der Waals surface area contributed by atoms with Gasteiger partial charge in [-0.3, -0.25) is 15.1 Å². The van der Waals surface area contributed by atoms with Crippen LogP contribution in [0.1, 0.15) is 40.3 Å². The van der Waals surface area contributed by atoms with Gasteiger partial charge < -0.3 is 24.3 Å². The number of aryl methyl sites for hydroxylation is 1. The second-order valence-electron chi connectivity index (χ2n) is 9.38. The average molecular weight is 544 g/mol. The number of thiocarbonyl (C=S) groups is 1. The zero-order valence-electron chi connectivity index (χ0n) is 22.1. The maximum Gasteiger partial charge on any atom is 0.273 e. The first kappa shape index (κ1) is 26.2. The second-order valence-corrected chi connectivity index (χ2v) is 9.76. The number of non-ortho nitro benzene ring substituents is 1. The van der Waals surface area contributed by atoms with Crippen molar-refractivity contribution in [2.24, 2.45) is 0 Å². The van der Waals surface area contributed by atoms with E-state index in [1.54, 1.807) is 19.4 Å². The minimum Gasteiger partial charge on any atom is -0.497 e. The molecule has 0 aliphatic carbocycles. The molecule has 2 aromatic carbocycles. The van der Waals surface area contributed by atoms with E-state index >= 15 is 0 Å². The van der Waals surface area contributed by atoms with Crippen LogP contribution in [-0.2, 0) is 6.54 Å². The van der Waals surface area contributed by atoms with Crippen LogP contribution in [0.5, 0.6) is 11.5 Å². The molecule has 0 spiro atoms. The van der Waals surface area contributed by atoms with Crippen molar-refractivity contribution in [3.8, 4) is 17.2 Å². The first-order valence-electron chi connectivity index (χ1n) is 12.4. The second kappa shape index (κ2) is 10.7. The number of benzene rings is 2. The van der Waals surface area contributed by atoms with E-state index in [2.05, 4.69) is 25.8 Å². The van der Waals surface area contributed by atoms with E-state index in [-0.39, 0.29) is 17.8 Å². The van der Waals surface area contributed by atoms with Gasteiger partial charge in [0.15, 0.2) is 5.11 Å². The topological polar surface area (TPSA) is 94.7 Å². The summed E-state index contributed by atoms with van der Waals surface area (Å²) in [6.45, 7) is 4.65. The number of nitrogens with zero attached hydrogens (tertiary/aromatic N) is 4. The molecule has 0 amide bonds. The Bertz CT molecular complexity index is 1520. The van der Waals surface area contributed by atoms with Crippen LogP contribution in [0.3, 0.4) is 0 Å². The van der Waals surface area contributed by atoms with Crippen LogP contribution < -0.4 is 14.8 Å². The fourth-order valence-corrected chi connectivity index (χ4v) is 5.57. The van der Waals surface area contributed by atoms with Crippen molar-refractivity contribution in [1.82, 2.24) is 19.8 Å². The zero-order chi connectivity index (χ0) is 27.7. The molecule has 1 N–H and O–H groups in total. The number of nitro groups is 1. The van der Waals surface area contributed by atoms with E-state index in [0.717, 1.165) is 39.6 Å². The number of rotatable bonds is 8. The summed E-state index contributed by atoms with van der Waals surface area (Å²) in [6.07, 6.45) is 1.79. The molecule has 1 saturated heterocycles. The highest BCUT2D eigenvalue weighted by Crippen LogP contribution is 2.43. The van der Waals surface area contributed by atoms with Gasteiger partial charge in [0.1, 0.15) is 11.5 Å². The van der Waals surface area contributed by atoms with Crippen molar-refractivity contribution in [2.75, 3.05) is 14.2 Å². The minimum absolute atomic E-state index is 0.0236. The Morgan fingerprint density at radius 3 is 2.46 bits per heavy atom. The lowest BCUT2D eigenvalue weighted by Gasteiger charge is -2.28. The van der Waals surface area contributed by atoms with Gasteiger partial charge in [0.25, 0.3) is 5.69 Å². The van der Waals surface area contributed by atoms with Crippen molar-refractivity contribution in [3.05, 3.63) is 111 Å². The fraction of sp³-hybridized carbons (Fsp3) is 0.241. The van der Waals surface area contributed by atoms with E-state index in [1.165, 1.54) is 19.2 Å². The Labute approximate surface area is 232 Å². The van der Waals surface area contributed by atoms with Crippen LogP contribution in [0.2, 0.25) is 0 Å². The highest BCUT2D eigenvalue weighted by atomic mass is 32.1. The Morgan fingerprint density at radius 2 is 1.82 bits per heavy atom. The van der Waals surface area contributed by atoms with E-state index in [0.29, 0.717) is 17.4 Å². The number of ether oxygens (including phenoxy) is 2. The van der Waals surface area contributed by atoms with Crippen LogP contribution in [-0.4, -0.2) is 38.7 Å². The lowest BCUT2D eigenvalue weighted by Crippen LogP contribution is -2.29. The van der Waals surface area contributed by atoms with Crippen molar-refractivity contribution in [1.29, 1.82) is 0 Å². The molecule has 0 unspecified atom stereocenters. The first-order valence-corrected chi connectivity index (χ1v) is 12.9. The quantitative estimate of drug-likeness (QED) is 0.175. The van der Waals surface area contributed by atoms with Crippen LogP contribution in [0.4, 0.5) is 5.69 Å². The van der Waals surface area contributed by atoms with Gasteiger partial charge in [-0.15, -0.1) is 0 Å². The number of methoxy groups -OCH3 is 2. The van der Waals surface area contributed by atoms with E-state index in [9.17, 15) is 10.1 Å². The minimum atomic E-state index is -0.424. The normalized spacial score (nSPS) is 16.7. The number of nitrogens with one attached hydrogen (secondary N) is 1. The summed E-state index contributed by atoms with van der Waals surface area (Å²) in [4.78, 5) is 17.8. The van der Waals surface area contributed by atoms with Crippen LogP contribution in [0, 0.1) is 24.0 Å². The van der Waals surface area contributed by atoms with Crippen LogP contribution in [0.25, 0.3) is 5.69 Å². The standard InChI is InChI=1S/C29H29N5O4S/c1-18-15-23(19(2)33(18)25-13-10-21(34(35)36)16-26(25)38-4)28-27(24-7-5-6-14-30-24)31-29(39)32(28)17-20-8-11-22(37-3)12-9-20/h5-16,27-28H,17H2,1-4H3,(H,31,39)/t27-,28-/m1/s1. The summed E-state index contributed by atoms with van der Waals surface area (Å²) in [5.41, 5.74) is 5.72. The molecule has 200 valence electrons. The van der Waals surface area contributed by atoms with Gasteiger partial charge in [-0.25, -0.2) is 0 Å². The molecule has 10 heteroatoms. The summed E-state index contributed by atoms with van der Waals surface area (Å²) in [5, 5.41) is 15.5. The third-order valence-electron chi connectivity index (χ3n) is 7.11. The number of nitro benzene ring substituents is 1. The largest absolute Gasteiger partial charge is 0.497 e. The van der Waals surface area contributed by atoms with E-state index < -0.39 is 4.92 Å². The SMILES string of the molecule is COc1ccc(CN2C(=S)N[C@H](c3ccccn3)[C@H]2c2cc(C)n(-c3ccc([N+](=O)[O-])cc3OC)c2C)cc1. The predicted octanol–water partition coefficient (Wildman–Crippen LogP) is 5.59. The Balaban J connectivity index is 1.61. The molecule has 1 aliphatic rings. The maximum absolute atomic E-state index is 11.4. The summed E-state index contributed by atoms with van der Waals surface area (Å²) >= 11 is 5.87. The van der Waals surface area contributed by atoms with Gasteiger partial charge in [-0.2, -0.15) is 0 Å². The lowest BCUT2D eigenvalue weighted by atomic mass is 9.96. The highest BCUT2D eigenvalue weighted by molar-refractivity contribution is 7.80. The number of hydrogen-bond acceptors (Lipinski definition) is 6. The van der Waals surface area contributed by atoms with E-state index in [4.69, 9.17) is 21.7 Å². The van der Waals surface area contributed by atoms with E-state index in [1.807, 2.05) is 56.3 Å². The molecule has 0 saturated carbocycles. The van der Waals surface area contributed by atoms with Gasteiger partial charge >= 0.3 is 0 Å². The van der Waals surface area contributed by atoms with Crippen molar-refractivity contribution in [2.45, 2.75) is 32.5 Å². The average Bonchev–Trinajstić information content (AvgIpc) is 3.43. The molecule has 5 rings (SSSR count). The van der Waals surface area contributed by atoms with Crippen molar-refractivity contribution in [3.63, 3.8) is 0 Å². The van der Waals surface area contributed by atoms with Crippen molar-refractivity contribution >= 4 is 23.0 Å². The monoisotopic (exact) mass is 543 g/mol. The zero-order valence-corrected chi connectivity index (χ0v) is 22.9. The third kappa shape index (κ3) is 4.90.